The zero-order valence-electron chi connectivity index (χ0n) is 13.3. The van der Waals surface area contributed by atoms with Crippen LogP contribution < -0.4 is 10.6 Å². The number of benzene rings is 1. The summed E-state index contributed by atoms with van der Waals surface area (Å²) in [5, 5.41) is 7.84. The minimum Gasteiger partial charge on any atom is -0.367 e. The van der Waals surface area contributed by atoms with Crippen LogP contribution in [0.4, 0.5) is 5.82 Å². The molecule has 5 nitrogen and oxygen atoms in total. The second kappa shape index (κ2) is 8.47. The van der Waals surface area contributed by atoms with E-state index in [-0.39, 0.29) is 5.91 Å². The first-order valence-corrected chi connectivity index (χ1v) is 9.35. The van der Waals surface area contributed by atoms with Crippen molar-refractivity contribution in [3.05, 3.63) is 51.6 Å². The van der Waals surface area contributed by atoms with Gasteiger partial charge in [-0.05, 0) is 18.2 Å². The number of hydrogen-bond donors (Lipinski definition) is 2. The minimum atomic E-state index is -0.00350. The van der Waals surface area contributed by atoms with Gasteiger partial charge in [0.15, 0.2) is 0 Å². The molecular weight excluding hydrogens is 379 g/mol. The fraction of sp³-hybridized carbons (Fsp3) is 0.235. The largest absolute Gasteiger partial charge is 0.367 e. The highest BCUT2D eigenvalue weighted by atomic mass is 35.5. The molecule has 0 saturated carbocycles. The second-order valence-corrected chi connectivity index (χ2v) is 7.29. The van der Waals surface area contributed by atoms with Crippen molar-refractivity contribution in [2.24, 2.45) is 0 Å². The number of nitrogens with zero attached hydrogens (tertiary/aromatic N) is 2. The van der Waals surface area contributed by atoms with Crippen molar-refractivity contribution in [3.8, 4) is 0 Å². The number of nitrogens with one attached hydrogen (secondary N) is 2. The number of aryl methyl sites for hydroxylation is 1. The zero-order valence-corrected chi connectivity index (χ0v) is 15.6. The number of amides is 1. The number of aromatic nitrogens is 2. The van der Waals surface area contributed by atoms with Crippen LogP contribution in [0.5, 0.6) is 0 Å². The molecule has 0 fully saturated rings. The van der Waals surface area contributed by atoms with E-state index < -0.39 is 0 Å². The van der Waals surface area contributed by atoms with Gasteiger partial charge >= 0.3 is 0 Å². The fourth-order valence-corrected chi connectivity index (χ4v) is 3.68. The monoisotopic (exact) mass is 394 g/mol. The van der Waals surface area contributed by atoms with Crippen LogP contribution in [0.25, 0.3) is 10.2 Å². The Balaban J connectivity index is 1.39. The third-order valence-corrected chi connectivity index (χ3v) is 5.04. The van der Waals surface area contributed by atoms with Gasteiger partial charge in [-0.25, -0.2) is 9.97 Å². The molecule has 0 saturated heterocycles. The maximum absolute atomic E-state index is 11.9. The molecular formula is C17H16Cl2N4OS. The quantitative estimate of drug-likeness (QED) is 0.590. The Labute approximate surface area is 159 Å². The molecule has 0 aliphatic carbocycles. The molecule has 0 bridgehead atoms. The van der Waals surface area contributed by atoms with Crippen molar-refractivity contribution in [2.45, 2.75) is 12.8 Å². The molecule has 130 valence electrons. The van der Waals surface area contributed by atoms with Crippen molar-refractivity contribution >= 4 is 56.5 Å². The number of halogens is 2. The SMILES string of the molecule is O=C(CCc1nc2ccccc2s1)NCCNc1ncc(Cl)cc1Cl. The van der Waals surface area contributed by atoms with Gasteiger partial charge in [-0.3, -0.25) is 4.79 Å². The Morgan fingerprint density at radius 3 is 2.84 bits per heavy atom. The molecule has 0 unspecified atom stereocenters. The average molecular weight is 395 g/mol. The molecule has 0 aliphatic heterocycles. The summed E-state index contributed by atoms with van der Waals surface area (Å²) in [5.41, 5.74) is 0.986. The maximum atomic E-state index is 11.9. The van der Waals surface area contributed by atoms with E-state index >= 15 is 0 Å². The van der Waals surface area contributed by atoms with E-state index in [0.717, 1.165) is 15.2 Å². The van der Waals surface area contributed by atoms with E-state index in [2.05, 4.69) is 20.6 Å². The lowest BCUT2D eigenvalue weighted by atomic mass is 10.3. The summed E-state index contributed by atoms with van der Waals surface area (Å²) >= 11 is 13.4. The normalized spacial score (nSPS) is 10.8. The van der Waals surface area contributed by atoms with E-state index in [9.17, 15) is 4.79 Å². The van der Waals surface area contributed by atoms with Crippen LogP contribution in [0.3, 0.4) is 0 Å². The predicted molar refractivity (Wildman–Crippen MR) is 104 cm³/mol. The summed E-state index contributed by atoms with van der Waals surface area (Å²) in [6, 6.07) is 9.60. The number of fused-ring (bicyclic) bond motifs is 1. The standard InChI is InChI=1S/C17H16Cl2N4OS/c18-11-9-12(19)17(22-10-11)21-8-7-20-15(24)5-6-16-23-13-3-1-2-4-14(13)25-16/h1-4,9-10H,5-8H2,(H,20,24)(H,21,22). The molecule has 8 heteroatoms. The number of hydrogen-bond acceptors (Lipinski definition) is 5. The summed E-state index contributed by atoms with van der Waals surface area (Å²) in [7, 11) is 0. The molecule has 2 aromatic heterocycles. The van der Waals surface area contributed by atoms with E-state index in [1.165, 1.54) is 6.20 Å². The van der Waals surface area contributed by atoms with Gasteiger partial charge in [-0.1, -0.05) is 35.3 Å². The number of thiazole rings is 1. The minimum absolute atomic E-state index is 0.00350. The Kier molecular flexibility index (Phi) is 6.07. The predicted octanol–water partition coefficient (Wildman–Crippen LogP) is 4.16. The van der Waals surface area contributed by atoms with Crippen molar-refractivity contribution in [2.75, 3.05) is 18.4 Å². The van der Waals surface area contributed by atoms with Gasteiger partial charge in [0.1, 0.15) is 5.82 Å². The number of para-hydroxylation sites is 1. The average Bonchev–Trinajstić information content (AvgIpc) is 3.01. The molecule has 1 aromatic carbocycles. The smallest absolute Gasteiger partial charge is 0.220 e. The second-order valence-electron chi connectivity index (χ2n) is 5.34. The number of anilines is 1. The van der Waals surface area contributed by atoms with Crippen LogP contribution in [0, 0.1) is 0 Å². The van der Waals surface area contributed by atoms with Gasteiger partial charge < -0.3 is 10.6 Å². The van der Waals surface area contributed by atoms with Crippen LogP contribution in [0.15, 0.2) is 36.5 Å². The molecule has 2 N–H and O–H groups in total. The van der Waals surface area contributed by atoms with Crippen molar-refractivity contribution in [1.82, 2.24) is 15.3 Å². The van der Waals surface area contributed by atoms with Crippen LogP contribution in [0.1, 0.15) is 11.4 Å². The summed E-state index contributed by atoms with van der Waals surface area (Å²) in [6.07, 6.45) is 2.58. The summed E-state index contributed by atoms with van der Waals surface area (Å²) in [5.74, 6) is 0.547. The van der Waals surface area contributed by atoms with Gasteiger partial charge in [0, 0.05) is 32.1 Å². The van der Waals surface area contributed by atoms with Gasteiger partial charge in [0.05, 0.1) is 25.3 Å². The van der Waals surface area contributed by atoms with Crippen molar-refractivity contribution in [3.63, 3.8) is 0 Å². The first-order valence-electron chi connectivity index (χ1n) is 7.78. The number of rotatable bonds is 7. The molecule has 25 heavy (non-hydrogen) atoms. The Hall–Kier alpha value is -1.89. The van der Waals surface area contributed by atoms with Gasteiger partial charge in [-0.15, -0.1) is 11.3 Å². The fourth-order valence-electron chi connectivity index (χ4n) is 2.26. The van der Waals surface area contributed by atoms with E-state index in [1.807, 2.05) is 24.3 Å². The van der Waals surface area contributed by atoms with Gasteiger partial charge in [-0.2, -0.15) is 0 Å². The first kappa shape index (κ1) is 17.9. The van der Waals surface area contributed by atoms with Crippen LogP contribution in [-0.4, -0.2) is 29.0 Å². The number of pyridine rings is 1. The summed E-state index contributed by atoms with van der Waals surface area (Å²) < 4.78 is 1.15. The van der Waals surface area contributed by atoms with Crippen molar-refractivity contribution in [1.29, 1.82) is 0 Å². The molecule has 0 aliphatic rings. The van der Waals surface area contributed by atoms with Crippen LogP contribution in [0.2, 0.25) is 10.0 Å². The number of carbonyl (C=O) groups is 1. The molecule has 3 aromatic rings. The Morgan fingerprint density at radius 1 is 1.20 bits per heavy atom. The Morgan fingerprint density at radius 2 is 2.04 bits per heavy atom. The Bertz CT molecular complexity index is 851. The topological polar surface area (TPSA) is 66.9 Å². The molecule has 1 amide bonds. The first-order chi connectivity index (χ1) is 12.1. The van der Waals surface area contributed by atoms with Gasteiger partial charge in [0.2, 0.25) is 5.91 Å². The highest BCUT2D eigenvalue weighted by molar-refractivity contribution is 7.18. The lowest BCUT2D eigenvalue weighted by Crippen LogP contribution is -2.29. The highest BCUT2D eigenvalue weighted by Gasteiger charge is 2.07. The van der Waals surface area contributed by atoms with E-state index in [1.54, 1.807) is 17.4 Å². The third-order valence-electron chi connectivity index (χ3n) is 3.45. The molecule has 3 rings (SSSR count). The molecule has 0 radical (unpaired) electrons. The summed E-state index contributed by atoms with van der Waals surface area (Å²) in [4.78, 5) is 20.6. The third kappa shape index (κ3) is 5.04. The van der Waals surface area contributed by atoms with Crippen LogP contribution >= 0.6 is 34.5 Å². The van der Waals surface area contributed by atoms with Crippen molar-refractivity contribution < 1.29 is 4.79 Å². The lowest BCUT2D eigenvalue weighted by Gasteiger charge is -2.08. The molecule has 0 atom stereocenters. The highest BCUT2D eigenvalue weighted by Crippen LogP contribution is 2.23. The zero-order chi connectivity index (χ0) is 17.6. The van der Waals surface area contributed by atoms with Gasteiger partial charge in [0.25, 0.3) is 0 Å². The maximum Gasteiger partial charge on any atom is 0.220 e. The molecule has 0 spiro atoms. The van der Waals surface area contributed by atoms with E-state index in [0.29, 0.717) is 41.8 Å². The number of carbonyl (C=O) groups excluding carboxylic acids is 1. The van der Waals surface area contributed by atoms with Crippen LogP contribution in [-0.2, 0) is 11.2 Å². The summed E-state index contributed by atoms with van der Waals surface area (Å²) in [6.45, 7) is 1.01. The molecule has 2 heterocycles. The lowest BCUT2D eigenvalue weighted by molar-refractivity contribution is -0.120. The van der Waals surface area contributed by atoms with E-state index in [4.69, 9.17) is 23.2 Å².